The molecule has 1 aliphatic heterocycles. The molecule has 1 aliphatic rings. The fourth-order valence-corrected chi connectivity index (χ4v) is 3.55. The van der Waals surface area contributed by atoms with Crippen molar-refractivity contribution in [1.29, 1.82) is 0 Å². The molecule has 0 spiro atoms. The van der Waals surface area contributed by atoms with E-state index in [1.807, 2.05) is 36.9 Å². The summed E-state index contributed by atoms with van der Waals surface area (Å²) in [4.78, 5) is 23.1. The number of aromatic nitrogens is 2. The zero-order chi connectivity index (χ0) is 16.9. The minimum atomic E-state index is -0.198. The molecule has 0 saturated carbocycles. The molecule has 126 valence electrons. The molecule has 1 atom stereocenters. The first-order valence-electron chi connectivity index (χ1n) is 8.19. The second-order valence-electron chi connectivity index (χ2n) is 6.13. The first kappa shape index (κ1) is 16.8. The van der Waals surface area contributed by atoms with Crippen molar-refractivity contribution in [2.24, 2.45) is 0 Å². The Bertz CT molecular complexity index is 692. The van der Waals surface area contributed by atoms with Crippen LogP contribution in [0.25, 0.3) is 0 Å². The summed E-state index contributed by atoms with van der Waals surface area (Å²) < 4.78 is 0. The van der Waals surface area contributed by atoms with Crippen LogP contribution in [-0.4, -0.2) is 39.4 Å². The van der Waals surface area contributed by atoms with E-state index in [1.165, 1.54) is 5.56 Å². The number of nitrogens with zero attached hydrogens (tertiary/aromatic N) is 3. The summed E-state index contributed by atoms with van der Waals surface area (Å²) in [5.41, 5.74) is 1.25. The van der Waals surface area contributed by atoms with Crippen LogP contribution in [-0.2, 0) is 10.5 Å². The number of likely N-dealkylation sites (tertiary alicyclic amines) is 1. The Morgan fingerprint density at radius 1 is 1.29 bits per heavy atom. The molecular formula is C18H22N4OS. The first-order chi connectivity index (χ1) is 11.6. The highest BCUT2D eigenvalue weighted by Crippen LogP contribution is 2.22. The molecule has 1 unspecified atom stereocenters. The summed E-state index contributed by atoms with van der Waals surface area (Å²) >= 11 is 1.64. The Morgan fingerprint density at radius 3 is 2.79 bits per heavy atom. The van der Waals surface area contributed by atoms with E-state index in [1.54, 1.807) is 24.2 Å². The fourth-order valence-electron chi connectivity index (χ4n) is 2.75. The number of rotatable bonds is 6. The Hall–Kier alpha value is -2.08. The van der Waals surface area contributed by atoms with Gasteiger partial charge in [0.05, 0.1) is 12.4 Å². The van der Waals surface area contributed by atoms with Crippen LogP contribution in [0.5, 0.6) is 0 Å². The lowest BCUT2D eigenvalue weighted by Gasteiger charge is -2.21. The van der Waals surface area contributed by atoms with Crippen LogP contribution in [0.4, 0.5) is 5.82 Å². The highest BCUT2D eigenvalue weighted by molar-refractivity contribution is 7.98. The molecule has 1 N–H and O–H groups in total. The number of carbonyl (C=O) groups is 1. The molecule has 0 radical (unpaired) electrons. The van der Waals surface area contributed by atoms with Crippen molar-refractivity contribution in [1.82, 2.24) is 14.9 Å². The molecule has 3 rings (SSSR count). The van der Waals surface area contributed by atoms with E-state index in [4.69, 9.17) is 0 Å². The van der Waals surface area contributed by atoms with Crippen LogP contribution in [0.3, 0.4) is 0 Å². The molecule has 1 aromatic carbocycles. The fraction of sp³-hybridized carbons (Fsp3) is 0.389. The average molecular weight is 342 g/mol. The molecule has 5 nitrogen and oxygen atoms in total. The van der Waals surface area contributed by atoms with Gasteiger partial charge in [0.2, 0.25) is 5.91 Å². The molecule has 6 heteroatoms. The van der Waals surface area contributed by atoms with Gasteiger partial charge in [-0.2, -0.15) is 0 Å². The maximum atomic E-state index is 12.4. The van der Waals surface area contributed by atoms with E-state index in [9.17, 15) is 4.79 Å². The van der Waals surface area contributed by atoms with Crippen molar-refractivity contribution in [3.63, 3.8) is 0 Å². The quantitative estimate of drug-likeness (QED) is 0.817. The predicted molar refractivity (Wildman–Crippen MR) is 96.9 cm³/mol. The number of anilines is 1. The Kier molecular flexibility index (Phi) is 5.35. The van der Waals surface area contributed by atoms with E-state index in [2.05, 4.69) is 27.4 Å². The van der Waals surface area contributed by atoms with Gasteiger partial charge in [-0.3, -0.25) is 9.78 Å². The van der Waals surface area contributed by atoms with Gasteiger partial charge in [-0.1, -0.05) is 30.3 Å². The number of thioether (sulfide) groups is 1. The molecule has 0 bridgehead atoms. The number of benzene rings is 1. The zero-order valence-electron chi connectivity index (χ0n) is 14.0. The number of hydrogen-bond donors (Lipinski definition) is 1. The number of carbonyl (C=O) groups excluding carboxylic acids is 1. The third-order valence-corrected chi connectivity index (χ3v) is 5.00. The van der Waals surface area contributed by atoms with Gasteiger partial charge < -0.3 is 10.2 Å². The van der Waals surface area contributed by atoms with E-state index in [0.29, 0.717) is 5.82 Å². The first-order valence-corrected chi connectivity index (χ1v) is 9.18. The highest BCUT2D eigenvalue weighted by atomic mass is 32.2. The predicted octanol–water partition coefficient (Wildman–Crippen LogP) is 3.19. The summed E-state index contributed by atoms with van der Waals surface area (Å²) in [6, 6.07) is 10.3. The summed E-state index contributed by atoms with van der Waals surface area (Å²) in [5, 5.41) is 4.09. The van der Waals surface area contributed by atoms with Crippen LogP contribution in [0, 0.1) is 0 Å². The largest absolute Gasteiger partial charge is 0.357 e. The minimum Gasteiger partial charge on any atom is -0.357 e. The van der Waals surface area contributed by atoms with Gasteiger partial charge in [0.15, 0.2) is 0 Å². The lowest BCUT2D eigenvalue weighted by molar-refractivity contribution is -0.129. The molecule has 2 aromatic rings. The monoisotopic (exact) mass is 342 g/mol. The molecule has 2 heterocycles. The van der Waals surface area contributed by atoms with Gasteiger partial charge in [-0.15, -0.1) is 11.8 Å². The Balaban J connectivity index is 1.60. The molecule has 24 heavy (non-hydrogen) atoms. The maximum Gasteiger partial charge on any atom is 0.245 e. The van der Waals surface area contributed by atoms with E-state index in [-0.39, 0.29) is 18.0 Å². The van der Waals surface area contributed by atoms with E-state index < -0.39 is 0 Å². The van der Waals surface area contributed by atoms with Gasteiger partial charge in [-0.25, -0.2) is 4.98 Å². The van der Waals surface area contributed by atoms with Crippen molar-refractivity contribution in [2.75, 3.05) is 11.9 Å². The standard InChI is InChI=1S/C18H22N4OS/c1-13(2)22-9-8-15(18(22)23)20-16-10-19-11-17(21-16)24-12-14-6-4-3-5-7-14/h3-7,10-11,13,15H,8-9,12H2,1-2H3,(H,20,21). The van der Waals surface area contributed by atoms with E-state index >= 15 is 0 Å². The SMILES string of the molecule is CC(C)N1CCC(Nc2cncc(SCc3ccccc3)n2)C1=O. The summed E-state index contributed by atoms with van der Waals surface area (Å²) in [6.07, 6.45) is 4.24. The molecular weight excluding hydrogens is 320 g/mol. The lowest BCUT2D eigenvalue weighted by atomic mass is 10.2. The molecule has 1 aromatic heterocycles. The summed E-state index contributed by atoms with van der Waals surface area (Å²) in [7, 11) is 0. The van der Waals surface area contributed by atoms with Crippen LogP contribution in [0.15, 0.2) is 47.8 Å². The second kappa shape index (κ2) is 7.66. The Morgan fingerprint density at radius 2 is 2.08 bits per heavy atom. The normalized spacial score (nSPS) is 17.5. The lowest BCUT2D eigenvalue weighted by Crippen LogP contribution is -2.37. The summed E-state index contributed by atoms with van der Waals surface area (Å²) in [6.45, 7) is 4.88. The number of hydrogen-bond acceptors (Lipinski definition) is 5. The van der Waals surface area contributed by atoms with Gasteiger partial charge in [-0.05, 0) is 25.8 Å². The third kappa shape index (κ3) is 4.06. The molecule has 1 fully saturated rings. The minimum absolute atomic E-state index is 0.147. The van der Waals surface area contributed by atoms with Gasteiger partial charge >= 0.3 is 0 Å². The molecule has 1 amide bonds. The van der Waals surface area contributed by atoms with Gasteiger partial charge in [0.1, 0.15) is 16.9 Å². The van der Waals surface area contributed by atoms with Crippen LogP contribution in [0.1, 0.15) is 25.8 Å². The van der Waals surface area contributed by atoms with Crippen LogP contribution in [0.2, 0.25) is 0 Å². The maximum absolute atomic E-state index is 12.4. The van der Waals surface area contributed by atoms with Crippen molar-refractivity contribution in [2.45, 2.75) is 43.1 Å². The zero-order valence-corrected chi connectivity index (χ0v) is 14.8. The topological polar surface area (TPSA) is 58.1 Å². The van der Waals surface area contributed by atoms with E-state index in [0.717, 1.165) is 23.7 Å². The number of nitrogens with one attached hydrogen (secondary N) is 1. The van der Waals surface area contributed by atoms with Gasteiger partial charge in [0.25, 0.3) is 0 Å². The second-order valence-corrected chi connectivity index (χ2v) is 7.12. The molecule has 0 aliphatic carbocycles. The average Bonchev–Trinajstić information content (AvgIpc) is 2.95. The highest BCUT2D eigenvalue weighted by Gasteiger charge is 2.33. The van der Waals surface area contributed by atoms with Gasteiger partial charge in [0, 0.05) is 18.3 Å². The van der Waals surface area contributed by atoms with Crippen molar-refractivity contribution >= 4 is 23.5 Å². The third-order valence-electron chi connectivity index (χ3n) is 4.03. The molecule has 1 saturated heterocycles. The Labute approximate surface area is 146 Å². The number of amides is 1. The van der Waals surface area contributed by atoms with Crippen LogP contribution < -0.4 is 5.32 Å². The summed E-state index contributed by atoms with van der Waals surface area (Å²) in [5.74, 6) is 1.66. The van der Waals surface area contributed by atoms with Crippen molar-refractivity contribution in [3.05, 3.63) is 48.3 Å². The smallest absolute Gasteiger partial charge is 0.245 e. The van der Waals surface area contributed by atoms with Crippen molar-refractivity contribution in [3.8, 4) is 0 Å². The van der Waals surface area contributed by atoms with Crippen molar-refractivity contribution < 1.29 is 4.79 Å². The van der Waals surface area contributed by atoms with Crippen LogP contribution >= 0.6 is 11.8 Å².